The first-order valence-corrected chi connectivity index (χ1v) is 7.92. The van der Waals surface area contributed by atoms with Crippen molar-refractivity contribution in [2.45, 2.75) is 0 Å². The van der Waals surface area contributed by atoms with Crippen LogP contribution in [0.3, 0.4) is 0 Å². The van der Waals surface area contributed by atoms with Gasteiger partial charge in [-0.3, -0.25) is 4.79 Å². The number of benzene rings is 2. The summed E-state index contributed by atoms with van der Waals surface area (Å²) in [5, 5.41) is 13.3. The molecule has 1 amide bonds. The Morgan fingerprint density at radius 2 is 1.96 bits per heavy atom. The van der Waals surface area contributed by atoms with Crippen LogP contribution in [0.2, 0.25) is 0 Å². The number of carboxylic acids is 1. The molecule has 0 aliphatic rings. The summed E-state index contributed by atoms with van der Waals surface area (Å²) in [7, 11) is 1.52. The zero-order valence-corrected chi connectivity index (χ0v) is 14.3. The maximum Gasteiger partial charge on any atom is 0.341 e. The lowest BCUT2D eigenvalue weighted by molar-refractivity contribution is -0.139. The Balaban J connectivity index is 1.72. The second-order valence-corrected chi connectivity index (χ2v) is 5.41. The molecule has 138 valence electrons. The van der Waals surface area contributed by atoms with E-state index in [-0.39, 0.29) is 5.76 Å². The molecule has 0 atom stereocenters. The van der Waals surface area contributed by atoms with E-state index in [0.29, 0.717) is 22.6 Å². The van der Waals surface area contributed by atoms with Crippen molar-refractivity contribution < 1.29 is 28.6 Å². The average molecular weight is 368 g/mol. The van der Waals surface area contributed by atoms with E-state index in [1.165, 1.54) is 13.3 Å². The fourth-order valence-electron chi connectivity index (χ4n) is 2.38. The number of hydrogen-bond donors (Lipinski definition) is 2. The Hall–Kier alpha value is -3.81. The zero-order chi connectivity index (χ0) is 19.2. The molecule has 3 aromatic rings. The molecule has 2 N–H and O–H groups in total. The Morgan fingerprint density at radius 1 is 1.19 bits per heavy atom. The summed E-state index contributed by atoms with van der Waals surface area (Å²) in [5.41, 5.74) is 3.35. The molecule has 8 nitrogen and oxygen atoms in total. The smallest absolute Gasteiger partial charge is 0.341 e. The summed E-state index contributed by atoms with van der Waals surface area (Å²) in [6, 6.07) is 13.7. The molecule has 1 aromatic heterocycles. The Morgan fingerprint density at radius 3 is 2.74 bits per heavy atom. The average Bonchev–Trinajstić information content (AvgIpc) is 3.11. The van der Waals surface area contributed by atoms with Crippen molar-refractivity contribution in [1.82, 2.24) is 5.43 Å². The lowest BCUT2D eigenvalue weighted by Crippen LogP contribution is -2.17. The van der Waals surface area contributed by atoms with E-state index in [1.807, 2.05) is 0 Å². The number of furan rings is 1. The highest BCUT2D eigenvalue weighted by molar-refractivity contribution is 5.97. The fraction of sp³-hybridized carbons (Fsp3) is 0.105. The van der Waals surface area contributed by atoms with Crippen molar-refractivity contribution >= 4 is 29.1 Å². The van der Waals surface area contributed by atoms with Gasteiger partial charge >= 0.3 is 11.9 Å². The molecule has 0 aliphatic carbocycles. The normalized spacial score (nSPS) is 10.9. The van der Waals surface area contributed by atoms with Crippen molar-refractivity contribution in [2.24, 2.45) is 5.10 Å². The number of rotatable bonds is 7. The largest absolute Gasteiger partial charge is 0.493 e. The summed E-state index contributed by atoms with van der Waals surface area (Å²) in [6.07, 6.45) is 1.36. The molecule has 3 rings (SSSR count). The molecule has 0 spiro atoms. The molecule has 27 heavy (non-hydrogen) atoms. The van der Waals surface area contributed by atoms with Crippen molar-refractivity contribution in [3.63, 3.8) is 0 Å². The molecule has 2 aromatic carbocycles. The van der Waals surface area contributed by atoms with Gasteiger partial charge in [0.05, 0.1) is 13.3 Å². The van der Waals surface area contributed by atoms with Crippen molar-refractivity contribution in [3.8, 4) is 11.5 Å². The molecular weight excluding hydrogens is 352 g/mol. The number of carbonyl (C=O) groups is 2. The lowest BCUT2D eigenvalue weighted by Gasteiger charge is -2.06. The maximum atomic E-state index is 12.2. The van der Waals surface area contributed by atoms with Crippen LogP contribution in [-0.2, 0) is 4.79 Å². The molecule has 0 bridgehead atoms. The predicted molar refractivity (Wildman–Crippen MR) is 97.4 cm³/mol. The Kier molecular flexibility index (Phi) is 5.36. The predicted octanol–water partition coefficient (Wildman–Crippen LogP) is 2.67. The van der Waals surface area contributed by atoms with Gasteiger partial charge in [-0.15, -0.1) is 0 Å². The molecule has 1 heterocycles. The van der Waals surface area contributed by atoms with Gasteiger partial charge in [-0.2, -0.15) is 5.10 Å². The van der Waals surface area contributed by atoms with Crippen LogP contribution in [-0.4, -0.2) is 36.9 Å². The minimum absolute atomic E-state index is 0.0852. The number of aliphatic carboxylic acids is 1. The summed E-state index contributed by atoms with van der Waals surface area (Å²) < 4.78 is 15.9. The van der Waals surface area contributed by atoms with Crippen molar-refractivity contribution in [1.29, 1.82) is 0 Å². The molecule has 8 heteroatoms. The number of hydrazone groups is 1. The topological polar surface area (TPSA) is 110 Å². The van der Waals surface area contributed by atoms with Crippen LogP contribution >= 0.6 is 0 Å². The van der Waals surface area contributed by atoms with Crippen LogP contribution in [0.5, 0.6) is 11.5 Å². The monoisotopic (exact) mass is 368 g/mol. The molecule has 0 saturated carbocycles. The number of ether oxygens (including phenoxy) is 2. The van der Waals surface area contributed by atoms with Gasteiger partial charge in [0.15, 0.2) is 23.7 Å². The van der Waals surface area contributed by atoms with Gasteiger partial charge < -0.3 is 19.0 Å². The number of carbonyl (C=O) groups excluding carboxylic acids is 1. The Bertz CT molecular complexity index is 1010. The SMILES string of the molecule is COc1cccc2cc(C(=O)N/N=C\c3ccccc3OCC(=O)O)oc12. The molecule has 0 unspecified atom stereocenters. The van der Waals surface area contributed by atoms with Gasteiger partial charge in [-0.1, -0.05) is 24.3 Å². The third-order valence-electron chi connectivity index (χ3n) is 3.59. The van der Waals surface area contributed by atoms with Gasteiger partial charge in [-0.05, 0) is 24.3 Å². The summed E-state index contributed by atoms with van der Waals surface area (Å²) in [4.78, 5) is 22.9. The van der Waals surface area contributed by atoms with E-state index >= 15 is 0 Å². The zero-order valence-electron chi connectivity index (χ0n) is 14.3. The van der Waals surface area contributed by atoms with Crippen LogP contribution in [0.25, 0.3) is 11.0 Å². The van der Waals surface area contributed by atoms with E-state index in [9.17, 15) is 9.59 Å². The number of nitrogens with one attached hydrogen (secondary N) is 1. The van der Waals surface area contributed by atoms with E-state index in [0.717, 1.165) is 5.39 Å². The lowest BCUT2D eigenvalue weighted by atomic mass is 10.2. The summed E-state index contributed by atoms with van der Waals surface area (Å²) in [6.45, 7) is -0.474. The van der Waals surface area contributed by atoms with E-state index in [4.69, 9.17) is 19.0 Å². The number of amides is 1. The van der Waals surface area contributed by atoms with Crippen molar-refractivity contribution in [2.75, 3.05) is 13.7 Å². The van der Waals surface area contributed by atoms with Gasteiger partial charge in [0.25, 0.3) is 0 Å². The minimum Gasteiger partial charge on any atom is -0.493 e. The number of fused-ring (bicyclic) bond motifs is 1. The number of para-hydroxylation sites is 2. The number of nitrogens with zero attached hydrogens (tertiary/aromatic N) is 1. The van der Waals surface area contributed by atoms with E-state index < -0.39 is 18.5 Å². The third-order valence-corrected chi connectivity index (χ3v) is 3.59. The quantitative estimate of drug-likeness (QED) is 0.490. The van der Waals surface area contributed by atoms with Crippen molar-refractivity contribution in [3.05, 3.63) is 59.9 Å². The molecule has 0 radical (unpaired) electrons. The fourth-order valence-corrected chi connectivity index (χ4v) is 2.38. The molecule has 0 saturated heterocycles. The maximum absolute atomic E-state index is 12.2. The highest BCUT2D eigenvalue weighted by Gasteiger charge is 2.14. The van der Waals surface area contributed by atoms with Gasteiger partial charge in [0.1, 0.15) is 5.75 Å². The van der Waals surface area contributed by atoms with Crippen LogP contribution in [0.15, 0.2) is 58.0 Å². The number of methoxy groups -OCH3 is 1. The standard InChI is InChI=1S/C19H16N2O6/c1-25-15-8-4-6-12-9-16(27-18(12)15)19(24)21-20-10-13-5-2-3-7-14(13)26-11-17(22)23/h2-10H,11H2,1H3,(H,21,24)(H,22,23)/b20-10-. The second-order valence-electron chi connectivity index (χ2n) is 5.41. The number of hydrogen-bond acceptors (Lipinski definition) is 6. The summed E-state index contributed by atoms with van der Waals surface area (Å²) >= 11 is 0. The second kappa shape index (κ2) is 8.05. The first-order chi connectivity index (χ1) is 13.1. The first-order valence-electron chi connectivity index (χ1n) is 7.92. The van der Waals surface area contributed by atoms with Crippen LogP contribution < -0.4 is 14.9 Å². The highest BCUT2D eigenvalue weighted by Crippen LogP contribution is 2.28. The van der Waals surface area contributed by atoms with Gasteiger partial charge in [0.2, 0.25) is 0 Å². The highest BCUT2D eigenvalue weighted by atomic mass is 16.5. The van der Waals surface area contributed by atoms with Gasteiger partial charge in [0, 0.05) is 10.9 Å². The number of carboxylic acid groups (broad SMARTS) is 1. The van der Waals surface area contributed by atoms with E-state index in [1.54, 1.807) is 48.5 Å². The van der Waals surface area contributed by atoms with Crippen LogP contribution in [0, 0.1) is 0 Å². The van der Waals surface area contributed by atoms with Gasteiger partial charge in [-0.25, -0.2) is 10.2 Å². The molecular formula is C19H16N2O6. The summed E-state index contributed by atoms with van der Waals surface area (Å²) in [5.74, 6) is -0.670. The van der Waals surface area contributed by atoms with Crippen LogP contribution in [0.4, 0.5) is 0 Å². The first kappa shape index (κ1) is 18.0. The Labute approximate surface area is 154 Å². The molecule has 0 aliphatic heterocycles. The van der Waals surface area contributed by atoms with E-state index in [2.05, 4.69) is 10.5 Å². The molecule has 0 fully saturated rings. The third kappa shape index (κ3) is 4.24. The minimum atomic E-state index is -1.09. The van der Waals surface area contributed by atoms with Crippen LogP contribution in [0.1, 0.15) is 16.1 Å².